The first-order valence-electron chi connectivity index (χ1n) is 15.7. The topological polar surface area (TPSA) is 96.0 Å². The summed E-state index contributed by atoms with van der Waals surface area (Å²) in [6.07, 6.45) is 0.962. The minimum atomic E-state index is -4.21. The minimum Gasteiger partial charge on any atom is -0.494 e. The molecule has 0 heterocycles. The quantitative estimate of drug-likeness (QED) is 0.144. The van der Waals surface area contributed by atoms with Crippen molar-refractivity contribution >= 4 is 43.5 Å². The first-order chi connectivity index (χ1) is 22.5. The molecule has 0 aliphatic rings. The molecular formula is C37H42BrN3O5S. The molecule has 47 heavy (non-hydrogen) atoms. The summed E-state index contributed by atoms with van der Waals surface area (Å²) in [5.41, 5.74) is 2.95. The Balaban J connectivity index is 1.80. The molecule has 2 atom stereocenters. The SMILES string of the molecule is CCOc1ccc(S(=O)(=O)N(CC(=O)N(Cc2cccc(Br)c2)[C@@H](Cc2ccccc2)C(=O)N[C@@H](C)CC)c2ccc(C)cc2)cc1. The van der Waals surface area contributed by atoms with Crippen molar-refractivity contribution in [2.75, 3.05) is 17.5 Å². The average Bonchev–Trinajstić information content (AvgIpc) is 3.06. The summed E-state index contributed by atoms with van der Waals surface area (Å²) in [5, 5.41) is 3.06. The molecule has 0 bridgehead atoms. The molecule has 1 N–H and O–H groups in total. The van der Waals surface area contributed by atoms with E-state index in [0.717, 1.165) is 25.5 Å². The van der Waals surface area contributed by atoms with E-state index in [9.17, 15) is 18.0 Å². The minimum absolute atomic E-state index is 0.0169. The van der Waals surface area contributed by atoms with Crippen LogP contribution in [0.3, 0.4) is 0 Å². The largest absolute Gasteiger partial charge is 0.494 e. The molecule has 0 spiro atoms. The van der Waals surface area contributed by atoms with Gasteiger partial charge in [-0.05, 0) is 86.8 Å². The normalized spacial score (nSPS) is 12.5. The number of carbonyl (C=O) groups is 2. The van der Waals surface area contributed by atoms with Crippen LogP contribution >= 0.6 is 15.9 Å². The van der Waals surface area contributed by atoms with Gasteiger partial charge in [-0.25, -0.2) is 8.42 Å². The lowest BCUT2D eigenvalue weighted by Crippen LogP contribution is -2.54. The summed E-state index contributed by atoms with van der Waals surface area (Å²) < 4.78 is 36.0. The van der Waals surface area contributed by atoms with Gasteiger partial charge < -0.3 is 15.0 Å². The summed E-state index contributed by atoms with van der Waals surface area (Å²) in [7, 11) is -4.21. The van der Waals surface area contributed by atoms with Crippen LogP contribution in [-0.2, 0) is 32.6 Å². The van der Waals surface area contributed by atoms with Crippen LogP contribution in [0.25, 0.3) is 0 Å². The lowest BCUT2D eigenvalue weighted by atomic mass is 10.0. The Hall–Kier alpha value is -4.15. The monoisotopic (exact) mass is 719 g/mol. The number of halogens is 1. The van der Waals surface area contributed by atoms with Gasteiger partial charge in [0.05, 0.1) is 17.2 Å². The highest BCUT2D eigenvalue weighted by Crippen LogP contribution is 2.27. The van der Waals surface area contributed by atoms with Gasteiger partial charge in [0.15, 0.2) is 0 Å². The van der Waals surface area contributed by atoms with Crippen molar-refractivity contribution in [1.29, 1.82) is 0 Å². The number of benzene rings is 4. The Morgan fingerprint density at radius 3 is 2.15 bits per heavy atom. The second-order valence-electron chi connectivity index (χ2n) is 11.4. The predicted molar refractivity (Wildman–Crippen MR) is 190 cm³/mol. The summed E-state index contributed by atoms with van der Waals surface area (Å²) in [5.74, 6) is -0.274. The number of ether oxygens (including phenoxy) is 1. The first kappa shape index (κ1) is 35.7. The number of hydrogen-bond donors (Lipinski definition) is 1. The van der Waals surface area contributed by atoms with Crippen molar-refractivity contribution < 1.29 is 22.7 Å². The highest BCUT2D eigenvalue weighted by Gasteiger charge is 2.35. The summed E-state index contributed by atoms with van der Waals surface area (Å²) in [6, 6.07) is 29.1. The molecule has 10 heteroatoms. The Labute approximate surface area is 286 Å². The van der Waals surface area contributed by atoms with Gasteiger partial charge in [0.25, 0.3) is 10.0 Å². The molecule has 2 amide bonds. The number of sulfonamides is 1. The van der Waals surface area contributed by atoms with Gasteiger partial charge in [-0.2, -0.15) is 0 Å². The lowest BCUT2D eigenvalue weighted by molar-refractivity contribution is -0.140. The van der Waals surface area contributed by atoms with Crippen LogP contribution in [0.4, 0.5) is 5.69 Å². The van der Waals surface area contributed by atoms with E-state index in [4.69, 9.17) is 4.74 Å². The number of rotatable bonds is 15. The highest BCUT2D eigenvalue weighted by molar-refractivity contribution is 9.10. The standard InChI is InChI=1S/C37H42BrN3O5S/c1-5-28(4)39-37(43)35(24-29-11-8-7-9-12-29)40(25-30-13-10-14-31(38)23-30)36(42)26-41(32-17-15-27(3)16-18-32)47(44,45)34-21-19-33(20-22-34)46-6-2/h7-23,28,35H,5-6,24-26H2,1-4H3,(H,39,43)/t28-,35-/m0/s1. The molecule has 8 nitrogen and oxygen atoms in total. The summed E-state index contributed by atoms with van der Waals surface area (Å²) in [6.45, 7) is 7.67. The fourth-order valence-electron chi connectivity index (χ4n) is 5.07. The molecule has 0 aliphatic carbocycles. The number of hydrogen-bond acceptors (Lipinski definition) is 5. The fraction of sp³-hybridized carbons (Fsp3) is 0.297. The number of anilines is 1. The molecule has 4 aromatic rings. The van der Waals surface area contributed by atoms with Gasteiger partial charge in [-0.15, -0.1) is 0 Å². The molecule has 0 saturated carbocycles. The van der Waals surface area contributed by atoms with Gasteiger partial charge in [-0.1, -0.05) is 83.0 Å². The maximum atomic E-state index is 14.6. The molecular weight excluding hydrogens is 678 g/mol. The lowest BCUT2D eigenvalue weighted by Gasteiger charge is -2.34. The molecule has 0 unspecified atom stereocenters. The van der Waals surface area contributed by atoms with Gasteiger partial charge in [-0.3, -0.25) is 13.9 Å². The Morgan fingerprint density at radius 1 is 0.872 bits per heavy atom. The van der Waals surface area contributed by atoms with Gasteiger partial charge >= 0.3 is 0 Å². The second kappa shape index (κ2) is 16.6. The zero-order valence-corrected chi connectivity index (χ0v) is 29.6. The zero-order chi connectivity index (χ0) is 34.0. The van der Waals surface area contributed by atoms with Gasteiger partial charge in [0, 0.05) is 23.5 Å². The fourth-order valence-corrected chi connectivity index (χ4v) is 6.93. The molecule has 4 rings (SSSR count). The van der Waals surface area contributed by atoms with Crippen LogP contribution in [-0.4, -0.2) is 50.4 Å². The van der Waals surface area contributed by atoms with E-state index in [2.05, 4.69) is 21.2 Å². The van der Waals surface area contributed by atoms with E-state index in [1.807, 2.05) is 82.3 Å². The third kappa shape index (κ3) is 9.68. The Bertz CT molecular complexity index is 1730. The van der Waals surface area contributed by atoms with E-state index < -0.39 is 28.5 Å². The number of nitrogens with one attached hydrogen (secondary N) is 1. The second-order valence-corrected chi connectivity index (χ2v) is 14.2. The number of amides is 2. The average molecular weight is 721 g/mol. The number of carbonyl (C=O) groups excluding carboxylic acids is 2. The van der Waals surface area contributed by atoms with Crippen LogP contribution in [0, 0.1) is 6.92 Å². The third-order valence-electron chi connectivity index (χ3n) is 7.84. The molecule has 0 aromatic heterocycles. The zero-order valence-electron chi connectivity index (χ0n) is 27.2. The van der Waals surface area contributed by atoms with E-state index in [0.29, 0.717) is 24.5 Å². The number of aryl methyl sites for hydroxylation is 1. The van der Waals surface area contributed by atoms with Crippen LogP contribution in [0.1, 0.15) is 43.9 Å². The molecule has 4 aromatic carbocycles. The Morgan fingerprint density at radius 2 is 1.53 bits per heavy atom. The van der Waals surface area contributed by atoms with Crippen molar-refractivity contribution in [3.63, 3.8) is 0 Å². The smallest absolute Gasteiger partial charge is 0.264 e. The van der Waals surface area contributed by atoms with Crippen molar-refractivity contribution in [3.8, 4) is 5.75 Å². The van der Waals surface area contributed by atoms with Crippen molar-refractivity contribution in [2.45, 2.75) is 64.1 Å². The first-order valence-corrected chi connectivity index (χ1v) is 18.0. The van der Waals surface area contributed by atoms with Crippen LogP contribution in [0.2, 0.25) is 0 Å². The molecule has 0 radical (unpaired) electrons. The van der Waals surface area contributed by atoms with E-state index >= 15 is 0 Å². The van der Waals surface area contributed by atoms with Crippen molar-refractivity contribution in [1.82, 2.24) is 10.2 Å². The molecule has 248 valence electrons. The highest BCUT2D eigenvalue weighted by atomic mass is 79.9. The van der Waals surface area contributed by atoms with E-state index in [1.165, 1.54) is 17.0 Å². The van der Waals surface area contributed by atoms with Crippen LogP contribution in [0.15, 0.2) is 112 Å². The Kier molecular flexibility index (Phi) is 12.6. The third-order valence-corrected chi connectivity index (χ3v) is 10.1. The summed E-state index contributed by atoms with van der Waals surface area (Å²) >= 11 is 3.52. The van der Waals surface area contributed by atoms with Crippen molar-refractivity contribution in [2.24, 2.45) is 0 Å². The maximum absolute atomic E-state index is 14.6. The van der Waals surface area contributed by atoms with Crippen molar-refractivity contribution in [3.05, 3.63) is 124 Å². The van der Waals surface area contributed by atoms with E-state index in [1.54, 1.807) is 36.4 Å². The molecule has 0 saturated heterocycles. The maximum Gasteiger partial charge on any atom is 0.264 e. The molecule has 0 fully saturated rings. The van der Waals surface area contributed by atoms with Crippen LogP contribution in [0.5, 0.6) is 5.75 Å². The van der Waals surface area contributed by atoms with E-state index in [-0.39, 0.29) is 29.8 Å². The molecule has 0 aliphatic heterocycles. The number of nitrogens with zero attached hydrogens (tertiary/aromatic N) is 2. The van der Waals surface area contributed by atoms with Gasteiger partial charge in [0.1, 0.15) is 18.3 Å². The van der Waals surface area contributed by atoms with Crippen LogP contribution < -0.4 is 14.4 Å². The predicted octanol–water partition coefficient (Wildman–Crippen LogP) is 6.91. The van der Waals surface area contributed by atoms with Gasteiger partial charge in [0.2, 0.25) is 11.8 Å². The summed E-state index contributed by atoms with van der Waals surface area (Å²) in [4.78, 5) is 30.1.